The summed E-state index contributed by atoms with van der Waals surface area (Å²) < 4.78 is 14.5. The van der Waals surface area contributed by atoms with Gasteiger partial charge in [0.05, 0.1) is 10.2 Å². The van der Waals surface area contributed by atoms with E-state index in [4.69, 9.17) is 21.8 Å². The second kappa shape index (κ2) is 7.63. The molecule has 0 saturated heterocycles. The van der Waals surface area contributed by atoms with E-state index in [1.54, 1.807) is 13.0 Å². The molecule has 5 nitrogen and oxygen atoms in total. The van der Waals surface area contributed by atoms with Gasteiger partial charge in [0.2, 0.25) is 0 Å². The predicted molar refractivity (Wildman–Crippen MR) is 97.3 cm³/mol. The summed E-state index contributed by atoms with van der Waals surface area (Å²) in [5.41, 5.74) is 1.49. The highest BCUT2D eigenvalue weighted by molar-refractivity contribution is 9.10. The molecular weight excluding hydrogens is 401 g/mol. The van der Waals surface area contributed by atoms with E-state index in [1.807, 2.05) is 0 Å². The van der Waals surface area contributed by atoms with Crippen molar-refractivity contribution in [1.29, 1.82) is 5.41 Å². The molecule has 0 amide bonds. The topological polar surface area (TPSA) is 67.1 Å². The Morgan fingerprint density at radius 1 is 1.42 bits per heavy atom. The third-order valence-electron chi connectivity index (χ3n) is 3.23. The molecule has 1 heterocycles. The number of halogens is 3. The number of benzene rings is 1. The quantitative estimate of drug-likeness (QED) is 0.574. The average molecular weight is 415 g/mol. The Morgan fingerprint density at radius 3 is 2.58 bits per heavy atom. The van der Waals surface area contributed by atoms with Crippen molar-refractivity contribution in [2.75, 3.05) is 12.4 Å². The van der Waals surface area contributed by atoms with Crippen LogP contribution in [0.1, 0.15) is 6.92 Å². The molecule has 126 valence electrons. The Kier molecular flexibility index (Phi) is 5.80. The minimum absolute atomic E-state index is 0.224. The lowest BCUT2D eigenvalue weighted by atomic mass is 10.1. The zero-order valence-electron chi connectivity index (χ0n) is 12.9. The third kappa shape index (κ3) is 3.68. The van der Waals surface area contributed by atoms with Gasteiger partial charge in [-0.1, -0.05) is 11.6 Å². The fourth-order valence-corrected chi connectivity index (χ4v) is 2.54. The van der Waals surface area contributed by atoms with Gasteiger partial charge in [-0.3, -0.25) is 4.79 Å². The van der Waals surface area contributed by atoms with Crippen molar-refractivity contribution in [2.24, 2.45) is 0 Å². The summed E-state index contributed by atoms with van der Waals surface area (Å²) in [7, 11) is 1.35. The highest BCUT2D eigenvalue weighted by Gasteiger charge is 2.17. The van der Waals surface area contributed by atoms with Crippen LogP contribution in [-0.2, 0) is 0 Å². The molecule has 0 fully saturated rings. The van der Waals surface area contributed by atoms with Gasteiger partial charge >= 0.3 is 0 Å². The van der Waals surface area contributed by atoms with Gasteiger partial charge in [0.15, 0.2) is 0 Å². The van der Waals surface area contributed by atoms with Crippen molar-refractivity contribution in [3.63, 3.8) is 0 Å². The van der Waals surface area contributed by atoms with E-state index in [1.165, 1.54) is 31.4 Å². The fraction of sp³-hybridized carbons (Fsp3) is 0.125. The van der Waals surface area contributed by atoms with Crippen LogP contribution in [0.2, 0.25) is 0 Å². The maximum Gasteiger partial charge on any atom is 0.297 e. The molecule has 8 heteroatoms. The van der Waals surface area contributed by atoms with E-state index in [2.05, 4.69) is 21.2 Å². The van der Waals surface area contributed by atoms with E-state index in [9.17, 15) is 9.18 Å². The van der Waals surface area contributed by atoms with Crippen molar-refractivity contribution >= 4 is 39.4 Å². The van der Waals surface area contributed by atoms with Gasteiger partial charge in [-0.2, -0.15) is 0 Å². The number of nitrogens with zero attached hydrogens (tertiary/aromatic N) is 1. The highest BCUT2D eigenvalue weighted by Crippen LogP contribution is 2.30. The number of allylic oxidation sites excluding steroid dienone is 1. The van der Waals surface area contributed by atoms with Crippen LogP contribution in [0.5, 0.6) is 0 Å². The van der Waals surface area contributed by atoms with Gasteiger partial charge in [0.25, 0.3) is 5.56 Å². The van der Waals surface area contributed by atoms with Gasteiger partial charge in [-0.05, 0) is 53.2 Å². The van der Waals surface area contributed by atoms with E-state index in [-0.39, 0.29) is 9.63 Å². The standard InChI is InChI=1S/C16H14BrClFN3O2/c1-9(8-20)15(18)21-13-7-12(17)16(23)22(24-2)14(13)10-3-5-11(19)6-4-10/h3-8,20-21H,1-2H3/b15-9-,20-8?. The molecular formula is C16H14BrClFN3O2. The first-order valence-electron chi connectivity index (χ1n) is 6.79. The molecule has 0 radical (unpaired) electrons. The van der Waals surface area contributed by atoms with Crippen LogP contribution < -0.4 is 15.7 Å². The summed E-state index contributed by atoms with van der Waals surface area (Å²) in [6.07, 6.45) is 1.11. The largest absolute Gasteiger partial charge is 0.413 e. The summed E-state index contributed by atoms with van der Waals surface area (Å²) >= 11 is 9.33. The first-order chi connectivity index (χ1) is 11.4. The number of rotatable bonds is 5. The van der Waals surface area contributed by atoms with E-state index < -0.39 is 11.4 Å². The molecule has 2 rings (SSSR count). The van der Waals surface area contributed by atoms with Crippen LogP contribution in [0, 0.1) is 11.2 Å². The van der Waals surface area contributed by atoms with Gasteiger partial charge in [0, 0.05) is 17.4 Å². The Hall–Kier alpha value is -2.12. The second-order valence-corrected chi connectivity index (χ2v) is 6.04. The van der Waals surface area contributed by atoms with Crippen molar-refractivity contribution < 1.29 is 9.23 Å². The van der Waals surface area contributed by atoms with Crippen molar-refractivity contribution in [3.8, 4) is 11.3 Å². The maximum atomic E-state index is 13.2. The monoisotopic (exact) mass is 413 g/mol. The molecule has 0 aliphatic heterocycles. The summed E-state index contributed by atoms with van der Waals surface area (Å²) in [4.78, 5) is 17.5. The van der Waals surface area contributed by atoms with E-state index in [0.717, 1.165) is 10.9 Å². The van der Waals surface area contributed by atoms with Crippen molar-refractivity contribution in [3.05, 3.63) is 61.7 Å². The van der Waals surface area contributed by atoms with Crippen molar-refractivity contribution in [1.82, 2.24) is 4.73 Å². The van der Waals surface area contributed by atoms with Gasteiger partial charge < -0.3 is 15.6 Å². The first kappa shape index (κ1) is 18.2. The Balaban J connectivity index is 2.74. The number of hydrogen-bond donors (Lipinski definition) is 2. The SMILES string of the molecule is COn1c(-c2ccc(F)cc2)c(N/C(Cl)=C(/C)C=N)cc(Br)c1=O. The zero-order chi connectivity index (χ0) is 17.9. The molecule has 2 N–H and O–H groups in total. The summed E-state index contributed by atoms with van der Waals surface area (Å²) in [6, 6.07) is 7.17. The molecule has 0 spiro atoms. The Labute approximate surface area is 151 Å². The van der Waals surface area contributed by atoms with Gasteiger partial charge in [-0.15, -0.1) is 4.73 Å². The molecule has 0 atom stereocenters. The molecule has 0 unspecified atom stereocenters. The molecule has 1 aromatic carbocycles. The lowest BCUT2D eigenvalue weighted by molar-refractivity contribution is 0.161. The van der Waals surface area contributed by atoms with Crippen LogP contribution >= 0.6 is 27.5 Å². The second-order valence-electron chi connectivity index (χ2n) is 4.81. The molecule has 0 bridgehead atoms. The van der Waals surface area contributed by atoms with Crippen LogP contribution in [0.4, 0.5) is 10.1 Å². The number of hydrogen-bond acceptors (Lipinski definition) is 4. The minimum Gasteiger partial charge on any atom is -0.413 e. The summed E-state index contributed by atoms with van der Waals surface area (Å²) in [6.45, 7) is 1.67. The smallest absolute Gasteiger partial charge is 0.297 e. The first-order valence-corrected chi connectivity index (χ1v) is 7.96. The summed E-state index contributed by atoms with van der Waals surface area (Å²) in [5, 5.41) is 10.4. The molecule has 0 aliphatic carbocycles. The van der Waals surface area contributed by atoms with Crippen LogP contribution in [-0.4, -0.2) is 18.1 Å². The lowest BCUT2D eigenvalue weighted by Crippen LogP contribution is -2.28. The van der Waals surface area contributed by atoms with Crippen LogP contribution in [0.25, 0.3) is 11.3 Å². The predicted octanol–water partition coefficient (Wildman–Crippen LogP) is 4.01. The van der Waals surface area contributed by atoms with Crippen molar-refractivity contribution in [2.45, 2.75) is 6.92 Å². The Morgan fingerprint density at radius 2 is 2.04 bits per heavy atom. The number of aromatic nitrogens is 1. The average Bonchev–Trinajstić information content (AvgIpc) is 2.57. The van der Waals surface area contributed by atoms with Gasteiger partial charge in [0.1, 0.15) is 23.8 Å². The zero-order valence-corrected chi connectivity index (χ0v) is 15.2. The normalized spacial score (nSPS) is 11.7. The Bertz CT molecular complexity index is 863. The van der Waals surface area contributed by atoms with Gasteiger partial charge in [-0.25, -0.2) is 4.39 Å². The molecule has 0 aliphatic rings. The number of anilines is 1. The lowest BCUT2D eigenvalue weighted by Gasteiger charge is -2.18. The molecule has 2 aromatic rings. The highest BCUT2D eigenvalue weighted by atomic mass is 79.9. The van der Waals surface area contributed by atoms with E-state index >= 15 is 0 Å². The van der Waals surface area contributed by atoms with E-state index in [0.29, 0.717) is 22.5 Å². The molecule has 0 saturated carbocycles. The number of nitrogens with one attached hydrogen (secondary N) is 2. The fourth-order valence-electron chi connectivity index (χ4n) is 1.99. The summed E-state index contributed by atoms with van der Waals surface area (Å²) in [5.74, 6) is -0.394. The molecule has 24 heavy (non-hydrogen) atoms. The number of pyridine rings is 1. The van der Waals surface area contributed by atoms with Crippen LogP contribution in [0.15, 0.2) is 50.3 Å². The minimum atomic E-state index is -0.411. The van der Waals surface area contributed by atoms with Crippen LogP contribution in [0.3, 0.4) is 0 Å². The third-order valence-corrected chi connectivity index (χ3v) is 4.19. The molecule has 1 aromatic heterocycles. The maximum absolute atomic E-state index is 13.2.